The van der Waals surface area contributed by atoms with Crippen molar-refractivity contribution in [2.75, 3.05) is 0 Å². The molecule has 6 rings (SSSR count). The molecule has 0 aliphatic heterocycles. The topological polar surface area (TPSA) is 37.3 Å². The van der Waals surface area contributed by atoms with Gasteiger partial charge in [0.05, 0.1) is 5.56 Å². The minimum absolute atomic E-state index is 0.00850. The molecule has 6 aromatic rings. The first-order valence-corrected chi connectivity index (χ1v) is 14.1. The smallest absolute Gasteiger partial charge is 0.166 e. The van der Waals surface area contributed by atoms with Crippen molar-refractivity contribution in [2.45, 2.75) is 32.6 Å². The van der Waals surface area contributed by atoms with Gasteiger partial charge < -0.3 is 5.11 Å². The Bertz CT molecular complexity index is 1820. The molecule has 0 saturated heterocycles. The third-order valence-corrected chi connectivity index (χ3v) is 7.78. The molecule has 1 N–H and O–H groups in total. The number of carbonyl (C=O) groups excluding carboxylic acids is 1. The quantitative estimate of drug-likeness (QED) is 0.160. The molecule has 196 valence electrons. The Morgan fingerprint density at radius 1 is 0.600 bits per heavy atom. The van der Waals surface area contributed by atoms with Crippen LogP contribution in [0, 0.1) is 0 Å². The van der Waals surface area contributed by atoms with Crippen molar-refractivity contribution in [1.29, 1.82) is 0 Å². The van der Waals surface area contributed by atoms with Gasteiger partial charge in [0.25, 0.3) is 0 Å². The minimum Gasteiger partial charge on any atom is -0.507 e. The van der Waals surface area contributed by atoms with Crippen LogP contribution >= 0.6 is 0 Å². The number of unbranched alkanes of at least 4 members (excludes halogenated alkanes) is 2. The van der Waals surface area contributed by atoms with Crippen molar-refractivity contribution in [3.8, 4) is 39.1 Å². The average Bonchev–Trinajstić information content (AvgIpc) is 3.01. The lowest BCUT2D eigenvalue weighted by atomic mass is 9.88. The van der Waals surface area contributed by atoms with E-state index in [1.807, 2.05) is 48.5 Å². The fourth-order valence-electron chi connectivity index (χ4n) is 5.67. The summed E-state index contributed by atoms with van der Waals surface area (Å²) < 4.78 is 0. The van der Waals surface area contributed by atoms with Gasteiger partial charge in [-0.25, -0.2) is 0 Å². The van der Waals surface area contributed by atoms with Gasteiger partial charge in [0.1, 0.15) is 5.75 Å². The lowest BCUT2D eigenvalue weighted by Crippen LogP contribution is -2.01. The van der Waals surface area contributed by atoms with Gasteiger partial charge in [-0.3, -0.25) is 4.79 Å². The van der Waals surface area contributed by atoms with Crippen LogP contribution in [0.1, 0.15) is 43.0 Å². The summed E-state index contributed by atoms with van der Waals surface area (Å²) in [5.41, 5.74) is 6.56. The number of carbonyl (C=O) groups is 1. The molecule has 0 unspecified atom stereocenters. The molecule has 2 heteroatoms. The number of benzene rings is 6. The maximum absolute atomic E-state index is 13.4. The Hall–Kier alpha value is -4.69. The van der Waals surface area contributed by atoms with Crippen molar-refractivity contribution in [3.05, 3.63) is 127 Å². The van der Waals surface area contributed by atoms with Crippen molar-refractivity contribution < 1.29 is 9.90 Å². The van der Waals surface area contributed by atoms with E-state index in [-0.39, 0.29) is 11.5 Å². The SMILES string of the molecule is CCCCCC(=O)c1cc2cc(-c3ccccc3)ccc2c(-c2cccc3cc(-c4ccccc4)ccc23)c1O. The maximum Gasteiger partial charge on any atom is 0.166 e. The number of Topliss-reactive ketones (excluding diaryl/α,β-unsaturated/α-hetero) is 1. The molecule has 0 radical (unpaired) electrons. The summed E-state index contributed by atoms with van der Waals surface area (Å²) in [4.78, 5) is 13.4. The van der Waals surface area contributed by atoms with E-state index in [4.69, 9.17) is 0 Å². The molecule has 6 aromatic carbocycles. The predicted molar refractivity (Wildman–Crippen MR) is 168 cm³/mol. The highest BCUT2D eigenvalue weighted by Crippen LogP contribution is 2.44. The average molecular weight is 521 g/mol. The molecule has 40 heavy (non-hydrogen) atoms. The summed E-state index contributed by atoms with van der Waals surface area (Å²) in [5.74, 6) is 0.0620. The summed E-state index contributed by atoms with van der Waals surface area (Å²) in [6, 6.07) is 41.5. The summed E-state index contributed by atoms with van der Waals surface area (Å²) in [6.45, 7) is 2.13. The van der Waals surface area contributed by atoms with E-state index >= 15 is 0 Å². The van der Waals surface area contributed by atoms with Gasteiger partial charge in [0.2, 0.25) is 0 Å². The highest BCUT2D eigenvalue weighted by molar-refractivity contribution is 6.13. The Morgan fingerprint density at radius 2 is 1.23 bits per heavy atom. The zero-order valence-corrected chi connectivity index (χ0v) is 22.7. The zero-order chi connectivity index (χ0) is 27.5. The zero-order valence-electron chi connectivity index (χ0n) is 22.7. The van der Waals surface area contributed by atoms with E-state index in [2.05, 4.69) is 79.7 Å². The van der Waals surface area contributed by atoms with Crippen LogP contribution in [-0.4, -0.2) is 10.9 Å². The second kappa shape index (κ2) is 11.2. The highest BCUT2D eigenvalue weighted by Gasteiger charge is 2.21. The Labute approximate surface area is 235 Å². The van der Waals surface area contributed by atoms with Gasteiger partial charge in [-0.05, 0) is 74.0 Å². The molecule has 0 amide bonds. The van der Waals surface area contributed by atoms with Crippen molar-refractivity contribution >= 4 is 27.3 Å². The lowest BCUT2D eigenvalue weighted by Gasteiger charge is -2.17. The monoisotopic (exact) mass is 520 g/mol. The third kappa shape index (κ3) is 4.89. The number of ketones is 1. The van der Waals surface area contributed by atoms with E-state index in [1.54, 1.807) is 0 Å². The molecule has 0 aromatic heterocycles. The molecule has 0 spiro atoms. The molecular formula is C38H32O2. The summed E-state index contributed by atoms with van der Waals surface area (Å²) in [5, 5.41) is 15.7. The lowest BCUT2D eigenvalue weighted by molar-refractivity contribution is 0.0977. The standard InChI is InChI=1S/C38H32O2/c1-2-3-6-18-36(39)35-25-31-24-29(27-14-9-5-10-15-27)20-22-33(31)37(38(35)40)34-17-11-16-30-23-28(19-21-32(30)34)26-12-7-4-8-13-26/h4-5,7-17,19-25,40H,2-3,6,18H2,1H3. The first-order chi connectivity index (χ1) is 19.6. The number of hydrogen-bond acceptors (Lipinski definition) is 2. The fourth-order valence-corrected chi connectivity index (χ4v) is 5.67. The molecule has 2 nitrogen and oxygen atoms in total. The number of hydrogen-bond donors (Lipinski definition) is 1. The molecular weight excluding hydrogens is 488 g/mol. The Morgan fingerprint density at radius 3 is 1.88 bits per heavy atom. The van der Waals surface area contributed by atoms with Crippen LogP contribution in [0.25, 0.3) is 54.9 Å². The van der Waals surface area contributed by atoms with Gasteiger partial charge in [-0.15, -0.1) is 0 Å². The van der Waals surface area contributed by atoms with E-state index in [0.29, 0.717) is 17.5 Å². The van der Waals surface area contributed by atoms with Crippen LogP contribution in [0.3, 0.4) is 0 Å². The number of phenols is 1. The van der Waals surface area contributed by atoms with Crippen LogP contribution in [0.2, 0.25) is 0 Å². The van der Waals surface area contributed by atoms with Crippen LogP contribution in [-0.2, 0) is 0 Å². The van der Waals surface area contributed by atoms with Crippen LogP contribution in [0.4, 0.5) is 0 Å². The molecule has 0 saturated carbocycles. The van der Waals surface area contributed by atoms with Crippen molar-refractivity contribution in [2.24, 2.45) is 0 Å². The first kappa shape index (κ1) is 25.6. The summed E-state index contributed by atoms with van der Waals surface area (Å²) >= 11 is 0. The molecule has 0 aliphatic rings. The summed E-state index contributed by atoms with van der Waals surface area (Å²) in [7, 11) is 0. The second-order valence-electron chi connectivity index (χ2n) is 10.4. The molecule has 0 heterocycles. The third-order valence-electron chi connectivity index (χ3n) is 7.78. The fraction of sp³-hybridized carbons (Fsp3) is 0.132. The molecule has 0 atom stereocenters. The Kier molecular flexibility index (Phi) is 7.16. The minimum atomic E-state index is -0.00850. The first-order valence-electron chi connectivity index (χ1n) is 14.1. The molecule has 0 fully saturated rings. The van der Waals surface area contributed by atoms with E-state index < -0.39 is 0 Å². The van der Waals surface area contributed by atoms with Gasteiger partial charge >= 0.3 is 0 Å². The second-order valence-corrected chi connectivity index (χ2v) is 10.4. The van der Waals surface area contributed by atoms with E-state index in [0.717, 1.165) is 68.6 Å². The Balaban J connectivity index is 1.56. The van der Waals surface area contributed by atoms with Gasteiger partial charge in [0, 0.05) is 12.0 Å². The number of aromatic hydroxyl groups is 1. The number of fused-ring (bicyclic) bond motifs is 2. The maximum atomic E-state index is 13.4. The molecule has 0 aliphatic carbocycles. The van der Waals surface area contributed by atoms with E-state index in [9.17, 15) is 9.90 Å². The largest absolute Gasteiger partial charge is 0.507 e. The molecule has 0 bridgehead atoms. The van der Waals surface area contributed by atoms with Crippen LogP contribution in [0.5, 0.6) is 5.75 Å². The number of rotatable bonds is 8. The van der Waals surface area contributed by atoms with Gasteiger partial charge in [-0.1, -0.05) is 123 Å². The summed E-state index contributed by atoms with van der Waals surface area (Å²) in [6.07, 6.45) is 3.30. The normalized spacial score (nSPS) is 11.2. The van der Waals surface area contributed by atoms with Crippen molar-refractivity contribution in [3.63, 3.8) is 0 Å². The van der Waals surface area contributed by atoms with Gasteiger partial charge in [0.15, 0.2) is 5.78 Å². The van der Waals surface area contributed by atoms with Gasteiger partial charge in [-0.2, -0.15) is 0 Å². The van der Waals surface area contributed by atoms with E-state index in [1.165, 1.54) is 0 Å². The van der Waals surface area contributed by atoms with Crippen LogP contribution < -0.4 is 0 Å². The number of phenolic OH excluding ortho intramolecular Hbond substituents is 1. The highest BCUT2D eigenvalue weighted by atomic mass is 16.3. The van der Waals surface area contributed by atoms with Crippen molar-refractivity contribution in [1.82, 2.24) is 0 Å². The van der Waals surface area contributed by atoms with Crippen LogP contribution in [0.15, 0.2) is 121 Å². The predicted octanol–water partition coefficient (Wildman–Crippen LogP) is 10.5.